The summed E-state index contributed by atoms with van der Waals surface area (Å²) in [5.41, 5.74) is 1.80. The van der Waals surface area contributed by atoms with Gasteiger partial charge in [-0.1, -0.05) is 35.5 Å². The highest BCUT2D eigenvalue weighted by Crippen LogP contribution is 2.20. The predicted octanol–water partition coefficient (Wildman–Crippen LogP) is 3.60. The largest absolute Gasteiger partial charge is 0.294 e. The molecule has 0 atom stereocenters. The summed E-state index contributed by atoms with van der Waals surface area (Å²) in [6, 6.07) is 5.73. The second kappa shape index (κ2) is 4.41. The first-order chi connectivity index (χ1) is 5.13. The van der Waals surface area contributed by atoms with Crippen molar-refractivity contribution < 1.29 is 4.79 Å². The standard InChI is InChI=1S/C9H9BrO.CH4/c1-6-4-3-5-8(10)9(6)7(2)11;/h3-5H,1-2H3;1H4. The zero-order chi connectivity index (χ0) is 8.43. The Morgan fingerprint density at radius 2 is 2.00 bits per heavy atom. The third-order valence-corrected chi connectivity index (χ3v) is 2.23. The Morgan fingerprint density at radius 3 is 2.33 bits per heavy atom. The van der Waals surface area contributed by atoms with Crippen molar-refractivity contribution in [2.45, 2.75) is 21.3 Å². The molecule has 0 saturated carbocycles. The van der Waals surface area contributed by atoms with E-state index >= 15 is 0 Å². The SMILES string of the molecule is C.CC(=O)c1c(C)cccc1Br. The normalized spacial score (nSPS) is 8.92. The number of carbonyl (C=O) groups excluding carboxylic acids is 1. The van der Waals surface area contributed by atoms with Crippen LogP contribution in [-0.2, 0) is 0 Å². The molecular formula is C10H13BrO. The average molecular weight is 229 g/mol. The van der Waals surface area contributed by atoms with Crippen LogP contribution in [0.4, 0.5) is 0 Å². The van der Waals surface area contributed by atoms with E-state index in [0.29, 0.717) is 0 Å². The summed E-state index contributed by atoms with van der Waals surface area (Å²) in [6.07, 6.45) is 0. The van der Waals surface area contributed by atoms with Crippen LogP contribution in [0.2, 0.25) is 0 Å². The lowest BCUT2D eigenvalue weighted by molar-refractivity contribution is 0.101. The summed E-state index contributed by atoms with van der Waals surface area (Å²) < 4.78 is 0.880. The lowest BCUT2D eigenvalue weighted by atomic mass is 10.1. The molecule has 0 spiro atoms. The van der Waals surface area contributed by atoms with E-state index in [4.69, 9.17) is 0 Å². The molecule has 66 valence electrons. The van der Waals surface area contributed by atoms with Gasteiger partial charge in [0.25, 0.3) is 0 Å². The predicted molar refractivity (Wildman–Crippen MR) is 55.6 cm³/mol. The van der Waals surface area contributed by atoms with Crippen molar-refractivity contribution >= 4 is 21.7 Å². The molecule has 0 radical (unpaired) electrons. The molecule has 2 heteroatoms. The second-order valence-corrected chi connectivity index (χ2v) is 3.34. The van der Waals surface area contributed by atoms with Gasteiger partial charge in [0.15, 0.2) is 5.78 Å². The summed E-state index contributed by atoms with van der Waals surface area (Å²) in [7, 11) is 0. The molecule has 1 aromatic carbocycles. The molecule has 0 heterocycles. The molecule has 0 bridgehead atoms. The molecule has 0 aromatic heterocycles. The Labute approximate surface area is 81.9 Å². The molecule has 0 aliphatic carbocycles. The van der Waals surface area contributed by atoms with Gasteiger partial charge in [-0.25, -0.2) is 0 Å². The highest BCUT2D eigenvalue weighted by molar-refractivity contribution is 9.10. The van der Waals surface area contributed by atoms with Crippen molar-refractivity contribution in [1.29, 1.82) is 0 Å². The fraction of sp³-hybridized carbons (Fsp3) is 0.300. The van der Waals surface area contributed by atoms with Crippen molar-refractivity contribution in [3.63, 3.8) is 0 Å². The van der Waals surface area contributed by atoms with E-state index in [9.17, 15) is 4.79 Å². The number of Topliss-reactive ketones (excluding diaryl/α,β-unsaturated/α-hetero) is 1. The zero-order valence-electron chi connectivity index (χ0n) is 6.52. The van der Waals surface area contributed by atoms with Crippen LogP contribution >= 0.6 is 15.9 Å². The molecule has 0 fully saturated rings. The van der Waals surface area contributed by atoms with Crippen LogP contribution in [0.3, 0.4) is 0 Å². The molecule has 1 nitrogen and oxygen atoms in total. The van der Waals surface area contributed by atoms with Crippen LogP contribution in [-0.4, -0.2) is 5.78 Å². The van der Waals surface area contributed by atoms with Crippen LogP contribution in [0.15, 0.2) is 22.7 Å². The van der Waals surface area contributed by atoms with Gasteiger partial charge in [0.05, 0.1) is 0 Å². The van der Waals surface area contributed by atoms with Crippen molar-refractivity contribution in [2.75, 3.05) is 0 Å². The fourth-order valence-corrected chi connectivity index (χ4v) is 1.82. The van der Waals surface area contributed by atoms with Crippen LogP contribution in [0.25, 0.3) is 0 Å². The van der Waals surface area contributed by atoms with Gasteiger partial charge in [-0.05, 0) is 25.5 Å². The molecule has 1 aromatic rings. The molecule has 0 saturated heterocycles. The first kappa shape index (κ1) is 11.4. The van der Waals surface area contributed by atoms with Gasteiger partial charge in [-0.15, -0.1) is 0 Å². The van der Waals surface area contributed by atoms with Gasteiger partial charge < -0.3 is 0 Å². The molecule has 0 aliphatic rings. The Balaban J connectivity index is 0.00000121. The fourth-order valence-electron chi connectivity index (χ4n) is 1.08. The van der Waals surface area contributed by atoms with E-state index in [-0.39, 0.29) is 13.2 Å². The van der Waals surface area contributed by atoms with Crippen molar-refractivity contribution in [3.8, 4) is 0 Å². The van der Waals surface area contributed by atoms with Crippen LogP contribution in [0.1, 0.15) is 30.3 Å². The first-order valence-electron chi connectivity index (χ1n) is 3.39. The van der Waals surface area contributed by atoms with Gasteiger partial charge >= 0.3 is 0 Å². The Bertz CT molecular complexity index is 272. The topological polar surface area (TPSA) is 17.1 Å². The second-order valence-electron chi connectivity index (χ2n) is 2.49. The molecule has 0 N–H and O–H groups in total. The maximum absolute atomic E-state index is 11.1. The quantitative estimate of drug-likeness (QED) is 0.672. The smallest absolute Gasteiger partial charge is 0.161 e. The number of rotatable bonds is 1. The van der Waals surface area contributed by atoms with Gasteiger partial charge in [-0.3, -0.25) is 4.79 Å². The lowest BCUT2D eigenvalue weighted by Gasteiger charge is -2.02. The van der Waals surface area contributed by atoms with Gasteiger partial charge in [0.2, 0.25) is 0 Å². The number of hydrogen-bond donors (Lipinski definition) is 0. The van der Waals surface area contributed by atoms with Crippen molar-refractivity contribution in [2.24, 2.45) is 0 Å². The summed E-state index contributed by atoms with van der Waals surface area (Å²) in [6.45, 7) is 3.51. The van der Waals surface area contributed by atoms with Gasteiger partial charge in [-0.2, -0.15) is 0 Å². The van der Waals surface area contributed by atoms with E-state index in [1.54, 1.807) is 6.92 Å². The summed E-state index contributed by atoms with van der Waals surface area (Å²) in [5.74, 6) is 0.106. The maximum atomic E-state index is 11.1. The van der Waals surface area contributed by atoms with Gasteiger partial charge in [0.1, 0.15) is 0 Å². The van der Waals surface area contributed by atoms with Crippen LogP contribution < -0.4 is 0 Å². The lowest BCUT2D eigenvalue weighted by Crippen LogP contribution is -1.96. The highest BCUT2D eigenvalue weighted by atomic mass is 79.9. The minimum atomic E-state index is 0. The third-order valence-electron chi connectivity index (χ3n) is 1.57. The molecule has 0 unspecified atom stereocenters. The number of hydrogen-bond acceptors (Lipinski definition) is 1. The molecular weight excluding hydrogens is 216 g/mol. The minimum absolute atomic E-state index is 0. The molecule has 1 rings (SSSR count). The number of benzene rings is 1. The summed E-state index contributed by atoms with van der Waals surface area (Å²) in [5, 5.41) is 0. The highest BCUT2D eigenvalue weighted by Gasteiger charge is 2.06. The van der Waals surface area contributed by atoms with E-state index in [1.807, 2.05) is 25.1 Å². The summed E-state index contributed by atoms with van der Waals surface area (Å²) >= 11 is 3.33. The van der Waals surface area contributed by atoms with Gasteiger partial charge in [0, 0.05) is 10.0 Å². The Hall–Kier alpha value is -0.630. The Morgan fingerprint density at radius 1 is 1.42 bits per heavy atom. The zero-order valence-corrected chi connectivity index (χ0v) is 8.10. The van der Waals surface area contributed by atoms with E-state index in [0.717, 1.165) is 15.6 Å². The average Bonchev–Trinajstić information content (AvgIpc) is 1.85. The van der Waals surface area contributed by atoms with Crippen LogP contribution in [0, 0.1) is 6.92 Å². The molecule has 0 amide bonds. The third kappa shape index (κ3) is 2.18. The maximum Gasteiger partial charge on any atom is 0.161 e. The van der Waals surface area contributed by atoms with E-state index < -0.39 is 0 Å². The van der Waals surface area contributed by atoms with E-state index in [2.05, 4.69) is 15.9 Å². The van der Waals surface area contributed by atoms with E-state index in [1.165, 1.54) is 0 Å². The van der Waals surface area contributed by atoms with Crippen LogP contribution in [0.5, 0.6) is 0 Å². The number of halogens is 1. The van der Waals surface area contributed by atoms with Crippen molar-refractivity contribution in [3.05, 3.63) is 33.8 Å². The first-order valence-corrected chi connectivity index (χ1v) is 4.18. The number of carbonyl (C=O) groups is 1. The number of ketones is 1. The number of aryl methyl sites for hydroxylation is 1. The van der Waals surface area contributed by atoms with Crippen molar-refractivity contribution in [1.82, 2.24) is 0 Å². The summed E-state index contributed by atoms with van der Waals surface area (Å²) in [4.78, 5) is 11.1. The molecule has 12 heavy (non-hydrogen) atoms. The monoisotopic (exact) mass is 228 g/mol. The Kier molecular flexibility index (Phi) is 4.18. The minimum Gasteiger partial charge on any atom is -0.294 e. The molecule has 0 aliphatic heterocycles.